The number of fused-ring (bicyclic) bond motifs is 2. The fraction of sp³-hybridized carbons (Fsp3) is 0.750. The van der Waals surface area contributed by atoms with Crippen molar-refractivity contribution >= 4 is 5.95 Å². The Morgan fingerprint density at radius 2 is 1.91 bits per heavy atom. The maximum Gasteiger partial charge on any atom is 0.229 e. The quantitative estimate of drug-likeness (QED) is 0.773. The third kappa shape index (κ3) is 3.41. The van der Waals surface area contributed by atoms with Crippen molar-refractivity contribution in [3.05, 3.63) is 12.3 Å². The molecule has 2 atom stereocenters. The maximum absolute atomic E-state index is 5.88. The zero-order valence-electron chi connectivity index (χ0n) is 13.6. The highest BCUT2D eigenvalue weighted by Gasteiger charge is 2.38. The Hall–Kier alpha value is -1.44. The Morgan fingerprint density at radius 3 is 2.70 bits per heavy atom. The molecule has 7 nitrogen and oxygen atoms in total. The lowest BCUT2D eigenvalue weighted by molar-refractivity contribution is 0.188. The third-order valence-corrected chi connectivity index (χ3v) is 5.10. The SMILES string of the molecule is c1cc(OCCN2CCNCC2)nc(N2C3CCC2CNC3)n1. The highest BCUT2D eigenvalue weighted by molar-refractivity contribution is 5.39. The van der Waals surface area contributed by atoms with Gasteiger partial charge in [0.05, 0.1) is 0 Å². The minimum absolute atomic E-state index is 0.532. The van der Waals surface area contributed by atoms with Crippen LogP contribution >= 0.6 is 0 Å². The number of nitrogens with one attached hydrogen (secondary N) is 2. The molecule has 0 aliphatic carbocycles. The van der Waals surface area contributed by atoms with Crippen LogP contribution in [0.1, 0.15) is 12.8 Å². The highest BCUT2D eigenvalue weighted by atomic mass is 16.5. The van der Waals surface area contributed by atoms with Crippen LogP contribution in [0.5, 0.6) is 5.88 Å². The van der Waals surface area contributed by atoms with Gasteiger partial charge in [-0.3, -0.25) is 4.90 Å². The summed E-state index contributed by atoms with van der Waals surface area (Å²) in [5.41, 5.74) is 0. The van der Waals surface area contributed by atoms with Crippen LogP contribution in [0.3, 0.4) is 0 Å². The molecule has 2 N–H and O–H groups in total. The molecule has 2 unspecified atom stereocenters. The highest BCUT2D eigenvalue weighted by Crippen LogP contribution is 2.30. The van der Waals surface area contributed by atoms with E-state index in [0.29, 0.717) is 24.6 Å². The molecule has 1 aromatic rings. The molecule has 0 aromatic carbocycles. The van der Waals surface area contributed by atoms with Gasteiger partial charge < -0.3 is 20.3 Å². The van der Waals surface area contributed by atoms with Gasteiger partial charge in [0.15, 0.2) is 0 Å². The van der Waals surface area contributed by atoms with Gasteiger partial charge in [0.2, 0.25) is 11.8 Å². The smallest absolute Gasteiger partial charge is 0.229 e. The van der Waals surface area contributed by atoms with E-state index in [1.807, 2.05) is 12.3 Å². The number of nitrogens with zero attached hydrogens (tertiary/aromatic N) is 4. The molecule has 4 rings (SSSR count). The Morgan fingerprint density at radius 1 is 1.13 bits per heavy atom. The maximum atomic E-state index is 5.88. The Kier molecular flexibility index (Phi) is 4.59. The zero-order valence-corrected chi connectivity index (χ0v) is 13.6. The van der Waals surface area contributed by atoms with Gasteiger partial charge in [0, 0.05) is 70.2 Å². The second-order valence-corrected chi connectivity index (χ2v) is 6.59. The Labute approximate surface area is 137 Å². The summed E-state index contributed by atoms with van der Waals surface area (Å²) in [6, 6.07) is 2.93. The van der Waals surface area contributed by atoms with Crippen LogP contribution in [0.25, 0.3) is 0 Å². The van der Waals surface area contributed by atoms with E-state index in [1.54, 1.807) is 0 Å². The van der Waals surface area contributed by atoms with E-state index in [0.717, 1.165) is 51.8 Å². The average Bonchev–Trinajstić information content (AvgIpc) is 2.85. The molecule has 0 saturated carbocycles. The van der Waals surface area contributed by atoms with Gasteiger partial charge in [-0.2, -0.15) is 4.98 Å². The van der Waals surface area contributed by atoms with Gasteiger partial charge in [-0.15, -0.1) is 0 Å². The van der Waals surface area contributed by atoms with Crippen LogP contribution < -0.4 is 20.3 Å². The summed E-state index contributed by atoms with van der Waals surface area (Å²) in [4.78, 5) is 14.0. The summed E-state index contributed by atoms with van der Waals surface area (Å²) in [6.45, 7) is 8.06. The van der Waals surface area contributed by atoms with Crippen molar-refractivity contribution in [1.29, 1.82) is 0 Å². The molecule has 2 bridgehead atoms. The Bertz CT molecular complexity index is 505. The first-order chi connectivity index (χ1) is 11.4. The topological polar surface area (TPSA) is 65.6 Å². The number of rotatable bonds is 5. The minimum atomic E-state index is 0.532. The van der Waals surface area contributed by atoms with Crippen molar-refractivity contribution in [2.24, 2.45) is 0 Å². The van der Waals surface area contributed by atoms with Gasteiger partial charge in [-0.05, 0) is 12.8 Å². The fourth-order valence-corrected chi connectivity index (χ4v) is 3.86. The largest absolute Gasteiger partial charge is 0.476 e. The van der Waals surface area contributed by atoms with E-state index in [4.69, 9.17) is 4.74 Å². The van der Waals surface area contributed by atoms with Crippen LogP contribution in [0, 0.1) is 0 Å². The molecule has 4 heterocycles. The first-order valence-corrected chi connectivity index (χ1v) is 8.78. The summed E-state index contributed by atoms with van der Waals surface area (Å²) in [7, 11) is 0. The van der Waals surface area contributed by atoms with Crippen LogP contribution in [0.2, 0.25) is 0 Å². The summed E-state index contributed by atoms with van der Waals surface area (Å²) in [5.74, 6) is 1.53. The summed E-state index contributed by atoms with van der Waals surface area (Å²) in [6.07, 6.45) is 4.29. The second-order valence-electron chi connectivity index (χ2n) is 6.59. The average molecular weight is 318 g/mol. The zero-order chi connectivity index (χ0) is 15.5. The standard InChI is InChI=1S/C16H26N6O/c1-2-14-12-18-11-13(1)22(14)16-19-4-3-15(20-16)23-10-9-21-7-5-17-6-8-21/h3-4,13-14,17-18H,1-2,5-12H2. The van der Waals surface area contributed by atoms with Crippen molar-refractivity contribution in [3.63, 3.8) is 0 Å². The number of piperazine rings is 2. The molecule has 0 amide bonds. The molecule has 3 aliphatic rings. The summed E-state index contributed by atoms with van der Waals surface area (Å²) < 4.78 is 5.88. The normalized spacial score (nSPS) is 28.1. The number of hydrogen-bond donors (Lipinski definition) is 2. The lowest BCUT2D eigenvalue weighted by Crippen LogP contribution is -2.52. The number of anilines is 1. The first-order valence-electron chi connectivity index (χ1n) is 8.78. The molecule has 3 aliphatic heterocycles. The lowest BCUT2D eigenvalue weighted by Gasteiger charge is -2.35. The molecule has 3 fully saturated rings. The summed E-state index contributed by atoms with van der Waals surface area (Å²) in [5, 5.41) is 6.86. The van der Waals surface area contributed by atoms with Crippen LogP contribution in [0.15, 0.2) is 12.3 Å². The molecule has 0 radical (unpaired) electrons. The van der Waals surface area contributed by atoms with E-state index in [1.165, 1.54) is 12.8 Å². The number of ether oxygens (including phenoxy) is 1. The fourth-order valence-electron chi connectivity index (χ4n) is 3.86. The van der Waals surface area contributed by atoms with Gasteiger partial charge in [-0.25, -0.2) is 4.98 Å². The van der Waals surface area contributed by atoms with Crippen molar-refractivity contribution in [2.75, 3.05) is 57.3 Å². The second kappa shape index (κ2) is 6.98. The molecule has 126 valence electrons. The molecule has 7 heteroatoms. The van der Waals surface area contributed by atoms with E-state index in [2.05, 4.69) is 30.4 Å². The van der Waals surface area contributed by atoms with Gasteiger partial charge in [0.1, 0.15) is 6.61 Å². The van der Waals surface area contributed by atoms with Crippen LogP contribution in [0.4, 0.5) is 5.95 Å². The molecular formula is C16H26N6O. The Balaban J connectivity index is 1.35. The molecular weight excluding hydrogens is 292 g/mol. The summed E-state index contributed by atoms with van der Waals surface area (Å²) >= 11 is 0. The first kappa shape index (κ1) is 15.1. The predicted molar refractivity (Wildman–Crippen MR) is 89.0 cm³/mol. The van der Waals surface area contributed by atoms with Gasteiger partial charge in [0.25, 0.3) is 0 Å². The number of hydrogen-bond acceptors (Lipinski definition) is 7. The molecule has 3 saturated heterocycles. The molecule has 1 aromatic heterocycles. The minimum Gasteiger partial charge on any atom is -0.476 e. The molecule has 23 heavy (non-hydrogen) atoms. The predicted octanol–water partition coefficient (Wildman–Crippen LogP) is -0.299. The van der Waals surface area contributed by atoms with Crippen LogP contribution in [-0.2, 0) is 0 Å². The van der Waals surface area contributed by atoms with E-state index >= 15 is 0 Å². The number of aromatic nitrogens is 2. The van der Waals surface area contributed by atoms with Crippen molar-refractivity contribution in [1.82, 2.24) is 25.5 Å². The third-order valence-electron chi connectivity index (χ3n) is 5.10. The van der Waals surface area contributed by atoms with E-state index in [-0.39, 0.29) is 0 Å². The van der Waals surface area contributed by atoms with E-state index in [9.17, 15) is 0 Å². The molecule has 0 spiro atoms. The monoisotopic (exact) mass is 318 g/mol. The van der Waals surface area contributed by atoms with E-state index < -0.39 is 0 Å². The van der Waals surface area contributed by atoms with Gasteiger partial charge in [-0.1, -0.05) is 0 Å². The lowest BCUT2D eigenvalue weighted by atomic mass is 10.2. The van der Waals surface area contributed by atoms with Crippen LogP contribution in [-0.4, -0.2) is 79.4 Å². The van der Waals surface area contributed by atoms with Gasteiger partial charge >= 0.3 is 0 Å². The van der Waals surface area contributed by atoms with Crippen molar-refractivity contribution < 1.29 is 4.74 Å². The van der Waals surface area contributed by atoms with Crippen molar-refractivity contribution in [3.8, 4) is 5.88 Å². The van der Waals surface area contributed by atoms with Crippen molar-refractivity contribution in [2.45, 2.75) is 24.9 Å².